The van der Waals surface area contributed by atoms with Gasteiger partial charge in [-0.1, -0.05) is 11.6 Å². The minimum Gasteiger partial charge on any atom is -0.307 e. The molecule has 0 aliphatic rings. The summed E-state index contributed by atoms with van der Waals surface area (Å²) < 4.78 is 2.02. The molecule has 0 radical (unpaired) electrons. The summed E-state index contributed by atoms with van der Waals surface area (Å²) in [7, 11) is 0. The van der Waals surface area contributed by atoms with Gasteiger partial charge in [0.05, 0.1) is 10.6 Å². The minimum atomic E-state index is 0.693. The molecule has 4 heteroatoms. The number of aryl methyl sites for hydroxylation is 1. The zero-order chi connectivity index (χ0) is 11.0. The molecule has 0 N–H and O–H groups in total. The first-order chi connectivity index (χ1) is 7.15. The molecule has 0 atom stereocenters. The topological polar surface area (TPSA) is 28.7 Å². The van der Waals surface area contributed by atoms with Crippen molar-refractivity contribution in [3.05, 3.63) is 39.5 Å². The van der Waals surface area contributed by atoms with E-state index >= 15 is 0 Å². The van der Waals surface area contributed by atoms with Crippen LogP contribution in [0.5, 0.6) is 0 Å². The van der Waals surface area contributed by atoms with Gasteiger partial charge < -0.3 is 4.57 Å². The summed E-state index contributed by atoms with van der Waals surface area (Å²) >= 11 is 7.60. The Morgan fingerprint density at radius 3 is 2.73 bits per heavy atom. The number of halogens is 1. The van der Waals surface area contributed by atoms with Crippen LogP contribution in [0.15, 0.2) is 17.5 Å². The van der Waals surface area contributed by atoms with E-state index in [1.165, 1.54) is 0 Å². The lowest BCUT2D eigenvalue weighted by Gasteiger charge is -2.06. The third-order valence-corrected chi connectivity index (χ3v) is 3.62. The van der Waals surface area contributed by atoms with E-state index in [0.29, 0.717) is 5.56 Å². The second-order valence-corrected chi connectivity index (χ2v) is 4.61. The Morgan fingerprint density at radius 1 is 1.47 bits per heavy atom. The number of nitriles is 1. The molecule has 0 amide bonds. The first-order valence-corrected chi connectivity index (χ1v) is 5.73. The Kier molecular flexibility index (Phi) is 2.56. The molecule has 0 aliphatic heterocycles. The van der Waals surface area contributed by atoms with Crippen LogP contribution >= 0.6 is 22.9 Å². The second-order valence-electron chi connectivity index (χ2n) is 3.31. The average Bonchev–Trinajstić information content (AvgIpc) is 2.73. The van der Waals surface area contributed by atoms with Crippen LogP contribution in [0.3, 0.4) is 0 Å². The minimum absolute atomic E-state index is 0.693. The van der Waals surface area contributed by atoms with Gasteiger partial charge in [0.15, 0.2) is 0 Å². The number of rotatable bonds is 1. The monoisotopic (exact) mass is 236 g/mol. The highest BCUT2D eigenvalue weighted by molar-refractivity contribution is 7.12. The summed E-state index contributed by atoms with van der Waals surface area (Å²) in [6.45, 7) is 3.94. The Balaban J connectivity index is 2.70. The van der Waals surface area contributed by atoms with Gasteiger partial charge in [0, 0.05) is 11.4 Å². The molecule has 76 valence electrons. The zero-order valence-corrected chi connectivity index (χ0v) is 9.99. The van der Waals surface area contributed by atoms with Crippen LogP contribution in [0, 0.1) is 25.2 Å². The maximum absolute atomic E-state index is 8.97. The molecule has 0 bridgehead atoms. The molecule has 0 fully saturated rings. The molecule has 0 aliphatic carbocycles. The van der Waals surface area contributed by atoms with Crippen molar-refractivity contribution < 1.29 is 0 Å². The summed E-state index contributed by atoms with van der Waals surface area (Å²) in [6.07, 6.45) is 0. The molecule has 2 rings (SSSR count). The largest absolute Gasteiger partial charge is 0.307 e. The SMILES string of the molecule is Cc1cc(Cl)c(C)n1-c1sccc1C#N. The van der Waals surface area contributed by atoms with Crippen LogP contribution in [-0.4, -0.2) is 4.57 Å². The van der Waals surface area contributed by atoms with Crippen molar-refractivity contribution in [2.24, 2.45) is 0 Å². The Bertz CT molecular complexity index is 545. The van der Waals surface area contributed by atoms with E-state index in [9.17, 15) is 0 Å². The molecular weight excluding hydrogens is 228 g/mol. The summed E-state index contributed by atoms with van der Waals surface area (Å²) in [5, 5.41) is 12.6. The molecular formula is C11H9ClN2S. The van der Waals surface area contributed by atoms with Gasteiger partial charge in [0.2, 0.25) is 0 Å². The molecule has 2 nitrogen and oxygen atoms in total. The Morgan fingerprint density at radius 2 is 2.20 bits per heavy atom. The molecule has 15 heavy (non-hydrogen) atoms. The van der Waals surface area contributed by atoms with E-state index < -0.39 is 0 Å². The van der Waals surface area contributed by atoms with Crippen LogP contribution in [0.25, 0.3) is 5.00 Å². The molecule has 0 aromatic carbocycles. The maximum atomic E-state index is 8.97. The van der Waals surface area contributed by atoms with Crippen molar-refractivity contribution in [3.63, 3.8) is 0 Å². The lowest BCUT2D eigenvalue weighted by atomic mass is 10.3. The first-order valence-electron chi connectivity index (χ1n) is 4.47. The average molecular weight is 237 g/mol. The molecule has 0 saturated heterocycles. The lowest BCUT2D eigenvalue weighted by molar-refractivity contribution is 0.983. The van der Waals surface area contributed by atoms with E-state index in [1.807, 2.05) is 35.9 Å². The number of thiophene rings is 1. The van der Waals surface area contributed by atoms with Crippen LogP contribution in [0.4, 0.5) is 0 Å². The van der Waals surface area contributed by atoms with Crippen LogP contribution < -0.4 is 0 Å². The van der Waals surface area contributed by atoms with Crippen LogP contribution in [0.1, 0.15) is 17.0 Å². The van der Waals surface area contributed by atoms with Gasteiger partial charge in [-0.2, -0.15) is 5.26 Å². The third-order valence-electron chi connectivity index (χ3n) is 2.34. The molecule has 0 spiro atoms. The molecule has 2 aromatic rings. The predicted octanol–water partition coefficient (Wildman–Crippen LogP) is 3.68. The zero-order valence-electron chi connectivity index (χ0n) is 8.41. The Hall–Kier alpha value is -1.24. The first kappa shape index (κ1) is 10.3. The van der Waals surface area contributed by atoms with E-state index in [4.69, 9.17) is 16.9 Å². The summed E-state index contributed by atoms with van der Waals surface area (Å²) in [5.74, 6) is 0. The van der Waals surface area contributed by atoms with Crippen molar-refractivity contribution in [2.45, 2.75) is 13.8 Å². The summed E-state index contributed by atoms with van der Waals surface area (Å²) in [4.78, 5) is 0. The quantitative estimate of drug-likeness (QED) is 0.743. The van der Waals surface area contributed by atoms with Crippen LogP contribution in [0.2, 0.25) is 5.02 Å². The van der Waals surface area contributed by atoms with Gasteiger partial charge >= 0.3 is 0 Å². The molecule has 0 unspecified atom stereocenters. The van der Waals surface area contributed by atoms with Crippen molar-refractivity contribution in [2.75, 3.05) is 0 Å². The fourth-order valence-corrected chi connectivity index (χ4v) is 2.80. The normalized spacial score (nSPS) is 10.3. The second kappa shape index (κ2) is 3.73. The Labute approximate surface area is 97.3 Å². The van der Waals surface area contributed by atoms with Gasteiger partial charge in [0.25, 0.3) is 0 Å². The van der Waals surface area contributed by atoms with E-state index in [1.54, 1.807) is 11.3 Å². The van der Waals surface area contributed by atoms with Gasteiger partial charge in [-0.05, 0) is 31.4 Å². The summed E-state index contributed by atoms with van der Waals surface area (Å²) in [6, 6.07) is 5.92. The van der Waals surface area contributed by atoms with Gasteiger partial charge in [0.1, 0.15) is 11.1 Å². The highest BCUT2D eigenvalue weighted by Crippen LogP contribution is 2.29. The van der Waals surface area contributed by atoms with Crippen molar-refractivity contribution in [1.82, 2.24) is 4.57 Å². The van der Waals surface area contributed by atoms with Crippen molar-refractivity contribution in [1.29, 1.82) is 5.26 Å². The van der Waals surface area contributed by atoms with Gasteiger partial charge in [-0.3, -0.25) is 0 Å². The predicted molar refractivity (Wildman–Crippen MR) is 62.8 cm³/mol. The third kappa shape index (κ3) is 1.56. The number of hydrogen-bond acceptors (Lipinski definition) is 2. The number of aromatic nitrogens is 1. The lowest BCUT2D eigenvalue weighted by Crippen LogP contribution is -1.97. The molecule has 2 aromatic heterocycles. The fraction of sp³-hybridized carbons (Fsp3) is 0.182. The standard InChI is InChI=1S/C11H9ClN2S/c1-7-5-10(12)8(2)14(7)11-9(6-13)3-4-15-11/h3-5H,1-2H3. The van der Waals surface area contributed by atoms with E-state index in [2.05, 4.69) is 6.07 Å². The summed E-state index contributed by atoms with van der Waals surface area (Å²) in [5.41, 5.74) is 2.73. The number of nitrogens with zero attached hydrogens (tertiary/aromatic N) is 2. The number of hydrogen-bond donors (Lipinski definition) is 0. The molecule has 0 saturated carbocycles. The van der Waals surface area contributed by atoms with Crippen LogP contribution in [-0.2, 0) is 0 Å². The van der Waals surface area contributed by atoms with Gasteiger partial charge in [-0.25, -0.2) is 0 Å². The maximum Gasteiger partial charge on any atom is 0.118 e. The fourth-order valence-electron chi connectivity index (χ4n) is 1.60. The van der Waals surface area contributed by atoms with Crippen molar-refractivity contribution in [3.8, 4) is 11.1 Å². The highest BCUT2D eigenvalue weighted by Gasteiger charge is 2.13. The molecule has 2 heterocycles. The van der Waals surface area contributed by atoms with E-state index in [-0.39, 0.29) is 0 Å². The van der Waals surface area contributed by atoms with E-state index in [0.717, 1.165) is 21.4 Å². The highest BCUT2D eigenvalue weighted by atomic mass is 35.5. The smallest absolute Gasteiger partial charge is 0.118 e. The van der Waals surface area contributed by atoms with Crippen molar-refractivity contribution >= 4 is 22.9 Å². The van der Waals surface area contributed by atoms with Gasteiger partial charge in [-0.15, -0.1) is 11.3 Å².